The van der Waals surface area contributed by atoms with E-state index in [0.717, 1.165) is 0 Å². The van der Waals surface area contributed by atoms with Gasteiger partial charge in [0.2, 0.25) is 5.71 Å². The largest absolute Gasteiger partial charge is 0.535 e. The number of hydrogen-bond acceptors (Lipinski definition) is 7. The molecule has 9 heteroatoms. The SMILES string of the molecule is CC(C)OC(=O)ON=C(C#N)C(=O)NC(N)=O. The van der Waals surface area contributed by atoms with Crippen molar-refractivity contribution >= 4 is 23.8 Å². The van der Waals surface area contributed by atoms with Gasteiger partial charge in [0.25, 0.3) is 5.91 Å². The molecule has 0 aromatic rings. The van der Waals surface area contributed by atoms with Gasteiger partial charge < -0.3 is 10.5 Å². The second kappa shape index (κ2) is 6.78. The maximum Gasteiger partial charge on any atom is 0.535 e. The molecule has 0 atom stereocenters. The van der Waals surface area contributed by atoms with Crippen LogP contribution in [0.15, 0.2) is 5.16 Å². The monoisotopic (exact) mass is 242 g/mol. The Kier molecular flexibility index (Phi) is 5.73. The van der Waals surface area contributed by atoms with Crippen LogP contribution in [-0.4, -0.2) is 29.9 Å². The minimum Gasteiger partial charge on any atom is -0.430 e. The lowest BCUT2D eigenvalue weighted by atomic mass is 10.4. The third-order valence-corrected chi connectivity index (χ3v) is 1.10. The molecule has 3 N–H and O–H groups in total. The number of hydrogen-bond donors (Lipinski definition) is 2. The molecule has 0 saturated carbocycles. The highest BCUT2D eigenvalue weighted by atomic mass is 16.8. The van der Waals surface area contributed by atoms with E-state index in [1.54, 1.807) is 19.2 Å². The van der Waals surface area contributed by atoms with E-state index >= 15 is 0 Å². The van der Waals surface area contributed by atoms with Crippen LogP contribution in [0.2, 0.25) is 0 Å². The van der Waals surface area contributed by atoms with Gasteiger partial charge >= 0.3 is 12.2 Å². The summed E-state index contributed by atoms with van der Waals surface area (Å²) in [6, 6.07) is 0.149. The van der Waals surface area contributed by atoms with Crippen molar-refractivity contribution in [1.29, 1.82) is 5.26 Å². The molecule has 0 aliphatic rings. The number of carbonyl (C=O) groups excluding carboxylic acids is 3. The van der Waals surface area contributed by atoms with Gasteiger partial charge in [-0.15, -0.1) is 0 Å². The van der Waals surface area contributed by atoms with Crippen molar-refractivity contribution < 1.29 is 24.0 Å². The smallest absolute Gasteiger partial charge is 0.430 e. The van der Waals surface area contributed by atoms with E-state index in [9.17, 15) is 14.4 Å². The van der Waals surface area contributed by atoms with Gasteiger partial charge in [-0.25, -0.2) is 9.59 Å². The zero-order chi connectivity index (χ0) is 13.4. The number of nitrogens with two attached hydrogens (primary N) is 1. The van der Waals surface area contributed by atoms with E-state index in [0.29, 0.717) is 0 Å². The number of urea groups is 1. The second-order valence-electron chi connectivity index (χ2n) is 2.88. The number of nitrogens with one attached hydrogen (secondary N) is 1. The third-order valence-electron chi connectivity index (χ3n) is 1.10. The van der Waals surface area contributed by atoms with Crippen molar-refractivity contribution in [2.24, 2.45) is 10.9 Å². The number of nitriles is 1. The van der Waals surface area contributed by atoms with Crippen LogP contribution in [-0.2, 0) is 14.4 Å². The summed E-state index contributed by atoms with van der Waals surface area (Å²) in [6.07, 6.45) is -1.62. The quantitative estimate of drug-likeness (QED) is 0.299. The predicted molar refractivity (Wildman–Crippen MR) is 53.5 cm³/mol. The normalized spacial score (nSPS) is 10.4. The Bertz CT molecular complexity index is 395. The van der Waals surface area contributed by atoms with Crippen LogP contribution in [0, 0.1) is 11.3 Å². The van der Waals surface area contributed by atoms with Crippen LogP contribution < -0.4 is 11.1 Å². The topological polar surface area (TPSA) is 144 Å². The zero-order valence-electron chi connectivity index (χ0n) is 9.09. The van der Waals surface area contributed by atoms with Crippen molar-refractivity contribution in [3.8, 4) is 6.07 Å². The van der Waals surface area contributed by atoms with Gasteiger partial charge in [0.15, 0.2) is 0 Å². The summed E-state index contributed by atoms with van der Waals surface area (Å²) in [4.78, 5) is 36.3. The van der Waals surface area contributed by atoms with Crippen LogP contribution in [0.4, 0.5) is 9.59 Å². The first-order chi connectivity index (χ1) is 7.86. The summed E-state index contributed by atoms with van der Waals surface area (Å²) < 4.78 is 4.50. The van der Waals surface area contributed by atoms with E-state index in [1.165, 1.54) is 6.07 Å². The molecule has 0 spiro atoms. The molecule has 9 nitrogen and oxygen atoms in total. The number of carbonyl (C=O) groups is 3. The van der Waals surface area contributed by atoms with Gasteiger partial charge in [0.1, 0.15) is 6.07 Å². The lowest BCUT2D eigenvalue weighted by Crippen LogP contribution is -2.39. The Labute approximate surface area is 96.1 Å². The first-order valence-corrected chi connectivity index (χ1v) is 4.33. The lowest BCUT2D eigenvalue weighted by Gasteiger charge is -2.04. The molecular formula is C8H10N4O5. The molecule has 0 aromatic heterocycles. The molecule has 17 heavy (non-hydrogen) atoms. The van der Waals surface area contributed by atoms with Crippen molar-refractivity contribution in [3.05, 3.63) is 0 Å². The first kappa shape index (κ1) is 14.4. The fraction of sp³-hybridized carbons (Fsp3) is 0.375. The highest BCUT2D eigenvalue weighted by molar-refractivity contribution is 6.46. The highest BCUT2D eigenvalue weighted by Crippen LogP contribution is 1.93. The zero-order valence-corrected chi connectivity index (χ0v) is 9.09. The molecule has 92 valence electrons. The van der Waals surface area contributed by atoms with Gasteiger partial charge in [0.05, 0.1) is 6.10 Å². The van der Waals surface area contributed by atoms with Crippen molar-refractivity contribution in [2.75, 3.05) is 0 Å². The average molecular weight is 242 g/mol. The number of imide groups is 1. The molecule has 3 amide bonds. The molecule has 0 aliphatic carbocycles. The van der Waals surface area contributed by atoms with Gasteiger partial charge in [0, 0.05) is 0 Å². The maximum atomic E-state index is 11.0. The molecule has 0 radical (unpaired) electrons. The first-order valence-electron chi connectivity index (χ1n) is 4.33. The Morgan fingerprint density at radius 2 is 2.00 bits per heavy atom. The molecule has 0 fully saturated rings. The Hall–Kier alpha value is -2.63. The molecule has 0 heterocycles. The van der Waals surface area contributed by atoms with E-state index in [-0.39, 0.29) is 0 Å². The van der Waals surface area contributed by atoms with Crippen LogP contribution in [0.1, 0.15) is 13.8 Å². The fourth-order valence-electron chi connectivity index (χ4n) is 0.581. The van der Waals surface area contributed by atoms with Gasteiger partial charge in [-0.3, -0.25) is 14.9 Å². The molecule has 0 aromatic carbocycles. The van der Waals surface area contributed by atoms with E-state index in [1.807, 2.05) is 0 Å². The van der Waals surface area contributed by atoms with Crippen molar-refractivity contribution in [3.63, 3.8) is 0 Å². The number of primary amides is 1. The Morgan fingerprint density at radius 3 is 2.41 bits per heavy atom. The molecule has 0 rings (SSSR count). The Balaban J connectivity index is 4.47. The maximum absolute atomic E-state index is 11.0. The van der Waals surface area contributed by atoms with Gasteiger partial charge in [-0.05, 0) is 13.8 Å². The van der Waals surface area contributed by atoms with Gasteiger partial charge in [-0.1, -0.05) is 5.16 Å². The van der Waals surface area contributed by atoms with Crippen LogP contribution in [0.3, 0.4) is 0 Å². The van der Waals surface area contributed by atoms with Crippen LogP contribution >= 0.6 is 0 Å². The number of oxime groups is 1. The van der Waals surface area contributed by atoms with Crippen LogP contribution in [0.25, 0.3) is 0 Å². The summed E-state index contributed by atoms with van der Waals surface area (Å²) in [5.41, 5.74) is 3.80. The van der Waals surface area contributed by atoms with E-state index in [2.05, 4.69) is 20.5 Å². The number of amides is 3. The minimum absolute atomic E-state index is 0.442. The standard InChI is InChI=1S/C8H10N4O5/c1-4(2)16-8(15)17-12-5(3-9)6(13)11-7(10)14/h4H,1-2H3,(H3,10,11,13,14). The second-order valence-corrected chi connectivity index (χ2v) is 2.88. The summed E-state index contributed by atoms with van der Waals surface area (Å²) in [5, 5.41) is 13.0. The van der Waals surface area contributed by atoms with E-state index in [4.69, 9.17) is 5.26 Å². The summed E-state index contributed by atoms with van der Waals surface area (Å²) in [5.74, 6) is -1.18. The van der Waals surface area contributed by atoms with Crippen molar-refractivity contribution in [1.82, 2.24) is 5.32 Å². The summed E-state index contributed by atoms with van der Waals surface area (Å²) in [7, 11) is 0. The molecule has 0 saturated heterocycles. The van der Waals surface area contributed by atoms with Crippen LogP contribution in [0.5, 0.6) is 0 Å². The lowest BCUT2D eigenvalue weighted by molar-refractivity contribution is -0.113. The average Bonchev–Trinajstić information content (AvgIpc) is 2.16. The highest BCUT2D eigenvalue weighted by Gasteiger charge is 2.15. The van der Waals surface area contributed by atoms with Crippen molar-refractivity contribution in [2.45, 2.75) is 20.0 Å². The molecule has 0 bridgehead atoms. The number of rotatable bonds is 3. The molecular weight excluding hydrogens is 232 g/mol. The number of nitrogens with zero attached hydrogens (tertiary/aromatic N) is 2. The Morgan fingerprint density at radius 1 is 1.41 bits per heavy atom. The summed E-state index contributed by atoms with van der Waals surface area (Å²) in [6.45, 7) is 3.13. The van der Waals surface area contributed by atoms with E-state index < -0.39 is 29.9 Å². The van der Waals surface area contributed by atoms with Gasteiger partial charge in [-0.2, -0.15) is 5.26 Å². The minimum atomic E-state index is -1.18. The fourth-order valence-corrected chi connectivity index (χ4v) is 0.581. The third kappa shape index (κ3) is 6.45. The molecule has 0 unspecified atom stereocenters. The molecule has 0 aliphatic heterocycles. The predicted octanol–water partition coefficient (Wildman–Crippen LogP) is -0.378. The summed E-state index contributed by atoms with van der Waals surface area (Å²) >= 11 is 0. The number of ether oxygens (including phenoxy) is 1.